The summed E-state index contributed by atoms with van der Waals surface area (Å²) in [7, 11) is 1.85. The van der Waals surface area contributed by atoms with E-state index in [0.717, 1.165) is 5.52 Å². The maximum Gasteiger partial charge on any atom is 0.421 e. The molecule has 3 aromatic rings. The van der Waals surface area contributed by atoms with E-state index in [9.17, 15) is 4.79 Å². The van der Waals surface area contributed by atoms with E-state index in [-0.39, 0.29) is 5.84 Å². The standard InChI is InChI=1S/C22H26N6O2/c1-22(2,3)30-21(29)28(16-8-6-5-7-9-16)20-26-17-14-15(25-19(24)12-13-23)10-11-18(17)27(20)4/h5-14H,23H2,1-4H3,(H2,24,25). The van der Waals surface area contributed by atoms with E-state index in [1.807, 2.05) is 74.9 Å². The van der Waals surface area contributed by atoms with Crippen molar-refractivity contribution >= 4 is 40.3 Å². The average Bonchev–Trinajstić information content (AvgIpc) is 2.97. The monoisotopic (exact) mass is 406 g/mol. The van der Waals surface area contributed by atoms with Crippen molar-refractivity contribution in [1.29, 1.82) is 0 Å². The first kappa shape index (κ1) is 20.9. The lowest BCUT2D eigenvalue weighted by Crippen LogP contribution is -2.35. The van der Waals surface area contributed by atoms with E-state index in [1.165, 1.54) is 17.2 Å². The molecule has 0 aliphatic heterocycles. The molecule has 0 spiro atoms. The number of anilines is 2. The third-order valence-electron chi connectivity index (χ3n) is 4.16. The normalized spacial score (nSPS) is 12.5. The fraction of sp³-hybridized carbons (Fsp3) is 0.227. The minimum atomic E-state index is -0.648. The van der Waals surface area contributed by atoms with Crippen LogP contribution in [-0.2, 0) is 11.8 Å². The molecule has 156 valence electrons. The first-order valence-electron chi connectivity index (χ1n) is 9.46. The Bertz CT molecular complexity index is 1110. The predicted molar refractivity (Wildman–Crippen MR) is 120 cm³/mol. The summed E-state index contributed by atoms with van der Waals surface area (Å²) >= 11 is 0. The molecule has 2 aromatic carbocycles. The van der Waals surface area contributed by atoms with Gasteiger partial charge in [-0.2, -0.15) is 0 Å². The molecule has 4 N–H and O–H groups in total. The Kier molecular flexibility index (Phi) is 5.77. The number of hydrogen-bond acceptors (Lipinski definition) is 5. The van der Waals surface area contributed by atoms with Gasteiger partial charge in [-0.25, -0.2) is 19.7 Å². The topological polar surface area (TPSA) is 112 Å². The van der Waals surface area contributed by atoms with E-state index in [2.05, 4.69) is 9.98 Å². The lowest BCUT2D eigenvalue weighted by Gasteiger charge is -2.26. The van der Waals surface area contributed by atoms with Gasteiger partial charge in [0, 0.05) is 7.05 Å². The number of carbonyl (C=O) groups excluding carboxylic acids is 1. The molecule has 0 unspecified atom stereocenters. The highest BCUT2D eigenvalue weighted by Crippen LogP contribution is 2.31. The minimum Gasteiger partial charge on any atom is -0.443 e. The number of amides is 1. The van der Waals surface area contributed by atoms with Crippen LogP contribution in [0.4, 0.5) is 22.1 Å². The number of aromatic nitrogens is 2. The number of amidine groups is 1. The number of aryl methyl sites for hydroxylation is 1. The van der Waals surface area contributed by atoms with Gasteiger partial charge >= 0.3 is 6.09 Å². The maximum atomic E-state index is 13.1. The van der Waals surface area contributed by atoms with Crippen molar-refractivity contribution in [2.45, 2.75) is 26.4 Å². The zero-order valence-corrected chi connectivity index (χ0v) is 17.5. The summed E-state index contributed by atoms with van der Waals surface area (Å²) < 4.78 is 7.47. The largest absolute Gasteiger partial charge is 0.443 e. The number of carbonyl (C=O) groups is 1. The Labute approximate surface area is 175 Å². The van der Waals surface area contributed by atoms with Gasteiger partial charge in [0.15, 0.2) is 0 Å². The van der Waals surface area contributed by atoms with Crippen molar-refractivity contribution in [2.75, 3.05) is 4.90 Å². The van der Waals surface area contributed by atoms with Crippen LogP contribution in [0.1, 0.15) is 20.8 Å². The highest BCUT2D eigenvalue weighted by atomic mass is 16.6. The van der Waals surface area contributed by atoms with Gasteiger partial charge in [-0.1, -0.05) is 18.2 Å². The summed E-state index contributed by atoms with van der Waals surface area (Å²) in [6.07, 6.45) is 2.32. The minimum absolute atomic E-state index is 0.285. The quantitative estimate of drug-likeness (QED) is 0.500. The second-order valence-electron chi connectivity index (χ2n) is 7.69. The number of imidazole rings is 1. The van der Waals surface area contributed by atoms with Gasteiger partial charge in [-0.15, -0.1) is 0 Å². The average molecular weight is 406 g/mol. The van der Waals surface area contributed by atoms with E-state index in [1.54, 1.807) is 6.07 Å². The number of nitrogens with two attached hydrogens (primary N) is 2. The Morgan fingerprint density at radius 2 is 1.90 bits per heavy atom. The van der Waals surface area contributed by atoms with Crippen LogP contribution in [-0.4, -0.2) is 27.1 Å². The fourth-order valence-electron chi connectivity index (χ4n) is 2.92. The number of aliphatic imine (C=N–C) groups is 1. The highest BCUT2D eigenvalue weighted by Gasteiger charge is 2.28. The van der Waals surface area contributed by atoms with Gasteiger partial charge in [-0.3, -0.25) is 0 Å². The molecule has 1 aromatic heterocycles. The summed E-state index contributed by atoms with van der Waals surface area (Å²) in [4.78, 5) is 23.5. The molecule has 0 aliphatic carbocycles. The van der Waals surface area contributed by atoms with Crippen molar-refractivity contribution < 1.29 is 9.53 Å². The van der Waals surface area contributed by atoms with Crippen LogP contribution in [0.15, 0.2) is 65.8 Å². The molecule has 0 atom stereocenters. The summed E-state index contributed by atoms with van der Waals surface area (Å²) in [5.41, 5.74) is 13.3. The van der Waals surface area contributed by atoms with Gasteiger partial charge in [0.05, 0.1) is 22.4 Å². The van der Waals surface area contributed by atoms with Crippen molar-refractivity contribution in [3.05, 3.63) is 60.8 Å². The van der Waals surface area contributed by atoms with E-state index < -0.39 is 11.7 Å². The van der Waals surface area contributed by atoms with E-state index in [0.29, 0.717) is 22.8 Å². The molecule has 8 heteroatoms. The predicted octanol–water partition coefficient (Wildman–Crippen LogP) is 4.11. The molecular formula is C22H26N6O2. The smallest absolute Gasteiger partial charge is 0.421 e. The summed E-state index contributed by atoms with van der Waals surface area (Å²) in [6, 6.07) is 14.8. The lowest BCUT2D eigenvalue weighted by atomic mass is 10.2. The van der Waals surface area contributed by atoms with Crippen LogP contribution in [0.25, 0.3) is 11.0 Å². The molecule has 1 amide bonds. The third-order valence-corrected chi connectivity index (χ3v) is 4.16. The van der Waals surface area contributed by atoms with Crippen molar-refractivity contribution in [2.24, 2.45) is 23.5 Å². The number of rotatable bonds is 4. The van der Waals surface area contributed by atoms with Crippen molar-refractivity contribution in [3.63, 3.8) is 0 Å². The summed E-state index contributed by atoms with van der Waals surface area (Å²) in [6.45, 7) is 5.48. The molecule has 8 nitrogen and oxygen atoms in total. The number of benzene rings is 2. The summed E-state index contributed by atoms with van der Waals surface area (Å²) in [5.74, 6) is 0.717. The summed E-state index contributed by atoms with van der Waals surface area (Å²) in [5, 5.41) is 0. The number of hydrogen-bond donors (Lipinski definition) is 2. The van der Waals surface area contributed by atoms with Gasteiger partial charge in [0.25, 0.3) is 0 Å². The van der Waals surface area contributed by atoms with Crippen LogP contribution in [0.3, 0.4) is 0 Å². The molecule has 1 heterocycles. The Hall–Kier alpha value is -3.81. The number of fused-ring (bicyclic) bond motifs is 1. The second-order valence-corrected chi connectivity index (χ2v) is 7.69. The Morgan fingerprint density at radius 3 is 2.53 bits per heavy atom. The third kappa shape index (κ3) is 4.60. The Balaban J connectivity index is 2.11. The van der Waals surface area contributed by atoms with E-state index in [4.69, 9.17) is 16.2 Å². The number of nitrogens with zero attached hydrogens (tertiary/aromatic N) is 4. The van der Waals surface area contributed by atoms with Gasteiger partial charge in [0.1, 0.15) is 11.4 Å². The SMILES string of the molecule is Cn1c(N(C(=O)OC(C)(C)C)c2ccccc2)nc2cc(N=C(N)C=CN)ccc21. The first-order valence-corrected chi connectivity index (χ1v) is 9.46. The van der Waals surface area contributed by atoms with Crippen LogP contribution >= 0.6 is 0 Å². The van der Waals surface area contributed by atoms with Gasteiger partial charge < -0.3 is 20.8 Å². The van der Waals surface area contributed by atoms with Gasteiger partial charge in [-0.05, 0) is 63.4 Å². The second kappa shape index (κ2) is 8.28. The maximum absolute atomic E-state index is 13.1. The molecule has 0 radical (unpaired) electrons. The van der Waals surface area contributed by atoms with Crippen LogP contribution < -0.4 is 16.4 Å². The van der Waals surface area contributed by atoms with Crippen LogP contribution in [0, 0.1) is 0 Å². The number of ether oxygens (including phenoxy) is 1. The zero-order chi connectivity index (χ0) is 21.9. The zero-order valence-electron chi connectivity index (χ0n) is 17.5. The van der Waals surface area contributed by atoms with Crippen LogP contribution in [0.5, 0.6) is 0 Å². The molecular weight excluding hydrogens is 380 g/mol. The van der Waals surface area contributed by atoms with Crippen LogP contribution in [0.2, 0.25) is 0 Å². The first-order chi connectivity index (χ1) is 14.2. The van der Waals surface area contributed by atoms with Gasteiger partial charge in [0.2, 0.25) is 5.95 Å². The Morgan fingerprint density at radius 1 is 1.20 bits per heavy atom. The van der Waals surface area contributed by atoms with Crippen molar-refractivity contribution in [1.82, 2.24) is 9.55 Å². The lowest BCUT2D eigenvalue weighted by molar-refractivity contribution is 0.0596. The molecule has 0 saturated heterocycles. The molecule has 0 aliphatic rings. The molecule has 0 bridgehead atoms. The molecule has 3 rings (SSSR count). The highest BCUT2D eigenvalue weighted by molar-refractivity contribution is 5.97. The number of para-hydroxylation sites is 1. The molecule has 0 saturated carbocycles. The van der Waals surface area contributed by atoms with Crippen molar-refractivity contribution in [3.8, 4) is 0 Å². The molecule has 30 heavy (non-hydrogen) atoms. The van der Waals surface area contributed by atoms with E-state index >= 15 is 0 Å². The molecule has 0 fully saturated rings. The fourth-order valence-corrected chi connectivity index (χ4v) is 2.92.